The summed E-state index contributed by atoms with van der Waals surface area (Å²) in [4.78, 5) is 95.6. The molecule has 0 aliphatic heterocycles. The van der Waals surface area contributed by atoms with E-state index in [1.54, 1.807) is 93.6 Å². The number of anilines is 3. The van der Waals surface area contributed by atoms with E-state index in [-0.39, 0.29) is 120 Å². The number of amides is 3. The number of carbonyl (C=O) groups excluding carboxylic acids is 6. The summed E-state index contributed by atoms with van der Waals surface area (Å²) in [6, 6.07) is 28.8. The third-order valence-corrected chi connectivity index (χ3v) is 18.6. The average molecular weight is 1430 g/mol. The van der Waals surface area contributed by atoms with Crippen LogP contribution in [0.1, 0.15) is 131 Å². The molecule has 18 N–H and O–H groups in total. The van der Waals surface area contributed by atoms with E-state index in [4.69, 9.17) is 34.4 Å². The molecule has 0 saturated heterocycles. The number of unbranched alkanes of at least 4 members (excludes halogenated alkanes) is 3. The minimum Gasteiger partial charge on any atom is -0.358 e. The van der Waals surface area contributed by atoms with E-state index in [1.807, 2.05) is 0 Å². The lowest BCUT2D eigenvalue weighted by Crippen LogP contribution is -2.58. The SMILES string of the molecule is Cc1[nH]c2ccc(C(F)(F)F)cc2c1CC(=O)[C@@](N)(CCCCN)C(=O)Nc1ccc(C(c2ccc(NC(=O)[C@](N)(CCCCN)C(=O)Cc3c(C)[nH]c4ccc(C(F)(F)F)cc34)cc2)c2ccc(NC(=O)[C@](N)(CCCCN)C(=O)Cc3c(C)[nH]c4ccc(C(F)(F)F)cc34)cc2)cc1.Cl. The van der Waals surface area contributed by atoms with Crippen LogP contribution in [0.3, 0.4) is 0 Å². The Labute approximate surface area is 581 Å². The van der Waals surface area contributed by atoms with Gasteiger partial charge in [0.05, 0.1) is 16.7 Å². The molecule has 0 aliphatic rings. The first-order valence-electron chi connectivity index (χ1n) is 32.5. The van der Waals surface area contributed by atoms with Gasteiger partial charge in [-0.2, -0.15) is 39.5 Å². The van der Waals surface area contributed by atoms with Crippen LogP contribution in [0.5, 0.6) is 0 Å². The highest BCUT2D eigenvalue weighted by molar-refractivity contribution is 6.18. The second kappa shape index (κ2) is 31.3. The van der Waals surface area contributed by atoms with E-state index >= 15 is 0 Å². The number of aromatic amines is 3. The topological polar surface area (TPSA) is 342 Å². The molecule has 101 heavy (non-hydrogen) atoms. The largest absolute Gasteiger partial charge is 0.416 e. The lowest BCUT2D eigenvalue weighted by molar-refractivity contribution is -0.138. The minimum atomic E-state index is -4.68. The van der Waals surface area contributed by atoms with Crippen LogP contribution in [-0.4, -0.2) is 86.3 Å². The fourth-order valence-corrected chi connectivity index (χ4v) is 12.7. The zero-order chi connectivity index (χ0) is 72.9. The number of nitrogens with one attached hydrogen (secondary N) is 6. The summed E-state index contributed by atoms with van der Waals surface area (Å²) < 4.78 is 125. The standard InChI is InChI=1S/C73H79F9N12O6.ClH/c1-40-52(55-34-46(71(74,75)76)16-25-58(55)89-40)37-61(95)68(86,28-4-7-31-83)65(98)92-49-19-10-43(11-20-49)64(44-12-21-50(22-13-44)93-66(99)69(87,29-5-8-32-84)62(96)38-53-41(2)90-59-26-17-47(35-56(53)59)72(77,78)79)45-14-23-51(24-15-45)94-67(100)70(88,30-6-9-33-85)63(97)39-54-42(3)91-60-27-18-48(36-57(54)60)73(80,81)82;/h10-27,34-36,64,89-91H,4-9,28-33,37-39,83-88H2,1-3H3,(H,92,98)(H,93,99)(H,94,100);1H/t68-,69-,70-;/m0./s1. The first-order chi connectivity index (χ1) is 47.1. The third kappa shape index (κ3) is 17.2. The summed E-state index contributed by atoms with van der Waals surface area (Å²) in [5, 5.41) is 8.71. The van der Waals surface area contributed by atoms with Crippen molar-refractivity contribution in [1.82, 2.24) is 15.0 Å². The highest BCUT2D eigenvalue weighted by atomic mass is 35.5. The lowest BCUT2D eigenvalue weighted by atomic mass is 9.83. The Hall–Kier alpha value is -9.22. The smallest absolute Gasteiger partial charge is 0.358 e. The van der Waals surface area contributed by atoms with Gasteiger partial charge < -0.3 is 65.3 Å². The van der Waals surface area contributed by atoms with Crippen LogP contribution in [0, 0.1) is 20.8 Å². The summed E-state index contributed by atoms with van der Waals surface area (Å²) in [5.41, 5.74) is 33.7. The number of H-pyrrole nitrogens is 3. The van der Waals surface area contributed by atoms with Crippen LogP contribution in [0.25, 0.3) is 32.7 Å². The predicted octanol–water partition coefficient (Wildman–Crippen LogP) is 12.4. The molecule has 0 radical (unpaired) electrons. The second-order valence-electron chi connectivity index (χ2n) is 25.6. The van der Waals surface area contributed by atoms with Gasteiger partial charge in [-0.1, -0.05) is 36.4 Å². The molecular formula is C73H80ClF9N12O6. The molecule has 0 aliphatic carbocycles. The third-order valence-electron chi connectivity index (χ3n) is 18.6. The fourth-order valence-electron chi connectivity index (χ4n) is 12.7. The van der Waals surface area contributed by atoms with E-state index in [1.165, 1.54) is 18.2 Å². The molecule has 0 fully saturated rings. The van der Waals surface area contributed by atoms with Crippen LogP contribution in [0.15, 0.2) is 127 Å². The molecule has 9 aromatic rings. The summed E-state index contributed by atoms with van der Waals surface area (Å²) >= 11 is 0. The van der Waals surface area contributed by atoms with Gasteiger partial charge in [0.2, 0.25) is 0 Å². The van der Waals surface area contributed by atoms with Crippen molar-refractivity contribution >= 4 is 97.2 Å². The molecule has 3 amide bonds. The zero-order valence-corrected chi connectivity index (χ0v) is 56.3. The molecule has 3 aromatic heterocycles. The molecule has 3 atom stereocenters. The van der Waals surface area contributed by atoms with E-state index in [0.717, 1.165) is 36.4 Å². The van der Waals surface area contributed by atoms with Gasteiger partial charge in [-0.3, -0.25) is 28.8 Å². The highest BCUT2D eigenvalue weighted by Crippen LogP contribution is 2.40. The van der Waals surface area contributed by atoms with Gasteiger partial charge in [-0.25, -0.2) is 0 Å². The van der Waals surface area contributed by atoms with Crippen molar-refractivity contribution in [3.8, 4) is 0 Å². The second-order valence-corrected chi connectivity index (χ2v) is 25.6. The van der Waals surface area contributed by atoms with Crippen molar-refractivity contribution in [1.29, 1.82) is 0 Å². The first-order valence-corrected chi connectivity index (χ1v) is 32.5. The van der Waals surface area contributed by atoms with E-state index in [0.29, 0.717) is 69.6 Å². The Morgan fingerprint density at radius 1 is 0.376 bits per heavy atom. The molecule has 9 rings (SSSR count). The monoisotopic (exact) mass is 1430 g/mol. The number of aryl methyl sites for hydroxylation is 3. The number of ketones is 3. The number of fused-ring (bicyclic) bond motifs is 3. The van der Waals surface area contributed by atoms with Crippen molar-refractivity contribution in [3.05, 3.63) is 195 Å². The van der Waals surface area contributed by atoms with Crippen LogP contribution in [0.4, 0.5) is 56.6 Å². The Morgan fingerprint density at radius 3 is 0.832 bits per heavy atom. The average Bonchev–Trinajstić information content (AvgIpc) is 1.70. The quantitative estimate of drug-likeness (QED) is 0.00865. The number of hydrogen-bond donors (Lipinski definition) is 12. The van der Waals surface area contributed by atoms with Crippen molar-refractivity contribution < 1.29 is 68.3 Å². The van der Waals surface area contributed by atoms with Gasteiger partial charge >= 0.3 is 18.5 Å². The van der Waals surface area contributed by atoms with Crippen LogP contribution < -0.4 is 50.4 Å². The maximum atomic E-state index is 14.4. The van der Waals surface area contributed by atoms with Crippen LogP contribution >= 0.6 is 12.4 Å². The molecule has 0 bridgehead atoms. The Balaban J connectivity index is 0.0000130. The van der Waals surface area contributed by atoms with Crippen LogP contribution in [-0.2, 0) is 66.6 Å². The maximum Gasteiger partial charge on any atom is 0.416 e. The van der Waals surface area contributed by atoms with E-state index < -0.39 is 112 Å². The van der Waals surface area contributed by atoms with E-state index in [9.17, 15) is 68.3 Å². The summed E-state index contributed by atoms with van der Waals surface area (Å²) in [7, 11) is 0. The van der Waals surface area contributed by atoms with Gasteiger partial charge in [0.1, 0.15) is 0 Å². The van der Waals surface area contributed by atoms with Crippen LogP contribution in [0.2, 0.25) is 0 Å². The van der Waals surface area contributed by atoms with Gasteiger partial charge in [0.25, 0.3) is 17.7 Å². The maximum absolute atomic E-state index is 14.4. The Morgan fingerprint density at radius 2 is 0.614 bits per heavy atom. The molecule has 0 saturated carbocycles. The van der Waals surface area contributed by atoms with Crippen molar-refractivity contribution in [2.45, 2.75) is 139 Å². The van der Waals surface area contributed by atoms with Gasteiger partial charge in [0.15, 0.2) is 34.0 Å². The number of aromatic nitrogens is 3. The normalized spacial score (nSPS) is 13.9. The van der Waals surface area contributed by atoms with Crippen molar-refractivity contribution in [2.24, 2.45) is 34.4 Å². The van der Waals surface area contributed by atoms with Crippen molar-refractivity contribution in [3.63, 3.8) is 0 Å². The number of carbonyl (C=O) groups is 6. The first kappa shape index (κ1) is 77.5. The number of alkyl halides is 9. The van der Waals surface area contributed by atoms with E-state index in [2.05, 4.69) is 30.9 Å². The van der Waals surface area contributed by atoms with Gasteiger partial charge in [-0.05, 0) is 223 Å². The van der Waals surface area contributed by atoms with Gasteiger partial charge in [-0.15, -0.1) is 12.4 Å². The molecule has 28 heteroatoms. The molecule has 0 spiro atoms. The number of Topliss-reactive ketones (excluding diaryl/α,β-unsaturated/α-hetero) is 3. The number of nitrogens with two attached hydrogens (primary N) is 6. The number of rotatable bonds is 30. The Kier molecular flexibility index (Phi) is 24.1. The van der Waals surface area contributed by atoms with Gasteiger partial charge in [0, 0.05) is 92.0 Å². The minimum absolute atomic E-state index is 0. The Bertz CT molecular complexity index is 4060. The number of benzene rings is 6. The molecule has 3 heterocycles. The molecule has 18 nitrogen and oxygen atoms in total. The fraction of sp³-hybridized carbons (Fsp3) is 0.342. The lowest BCUT2D eigenvalue weighted by Gasteiger charge is -2.28. The summed E-state index contributed by atoms with van der Waals surface area (Å²) in [5.74, 6) is -5.68. The van der Waals surface area contributed by atoms with Crippen molar-refractivity contribution in [2.75, 3.05) is 35.6 Å². The summed E-state index contributed by atoms with van der Waals surface area (Å²) in [6.45, 7) is 5.43. The zero-order valence-electron chi connectivity index (χ0n) is 55.5. The predicted molar refractivity (Wildman–Crippen MR) is 373 cm³/mol. The number of halogens is 10. The molecule has 0 unspecified atom stereocenters. The summed E-state index contributed by atoms with van der Waals surface area (Å²) in [6.07, 6.45) is -14.1. The number of hydrogen-bond acceptors (Lipinski definition) is 12. The molecule has 6 aromatic carbocycles. The highest BCUT2D eigenvalue weighted by Gasteiger charge is 2.45. The molecule has 538 valence electrons. The molecular weight excluding hydrogens is 1350 g/mol.